The number of aromatic nitrogens is 2. The second kappa shape index (κ2) is 3.77. The molecule has 2 aromatic rings. The lowest BCUT2D eigenvalue weighted by Gasteiger charge is -1.98. The number of aryl methyl sites for hydroxylation is 1. The molecule has 0 saturated heterocycles. The Morgan fingerprint density at radius 2 is 1.87 bits per heavy atom. The molecule has 0 saturated carbocycles. The molecule has 0 aliphatic carbocycles. The predicted molar refractivity (Wildman–Crippen MR) is 61.0 cm³/mol. The standard InChI is InChI=1S/C11H10BrFN2/c1-7-14-10(11(12)15(7)2)8-3-5-9(13)6-4-8/h3-6H,1-2H3. The van der Waals surface area contributed by atoms with Crippen molar-refractivity contribution in [2.24, 2.45) is 7.05 Å². The highest BCUT2D eigenvalue weighted by Gasteiger charge is 2.11. The van der Waals surface area contributed by atoms with Crippen LogP contribution in [0.25, 0.3) is 11.3 Å². The van der Waals surface area contributed by atoms with Crippen LogP contribution in [0.4, 0.5) is 4.39 Å². The highest BCUT2D eigenvalue weighted by atomic mass is 79.9. The third-order valence-corrected chi connectivity index (χ3v) is 3.27. The zero-order chi connectivity index (χ0) is 11.0. The van der Waals surface area contributed by atoms with E-state index in [1.54, 1.807) is 12.1 Å². The molecule has 0 radical (unpaired) electrons. The fourth-order valence-electron chi connectivity index (χ4n) is 1.38. The first-order valence-corrected chi connectivity index (χ1v) is 5.33. The van der Waals surface area contributed by atoms with Gasteiger partial charge in [0.15, 0.2) is 0 Å². The van der Waals surface area contributed by atoms with Gasteiger partial charge in [0.2, 0.25) is 0 Å². The van der Waals surface area contributed by atoms with E-state index in [0.717, 1.165) is 21.7 Å². The predicted octanol–water partition coefficient (Wildman–Crippen LogP) is 3.30. The lowest BCUT2D eigenvalue weighted by Crippen LogP contribution is -1.90. The van der Waals surface area contributed by atoms with Gasteiger partial charge >= 0.3 is 0 Å². The summed E-state index contributed by atoms with van der Waals surface area (Å²) < 4.78 is 15.6. The summed E-state index contributed by atoms with van der Waals surface area (Å²) in [4.78, 5) is 4.40. The third kappa shape index (κ3) is 1.81. The van der Waals surface area contributed by atoms with Gasteiger partial charge in [-0.1, -0.05) is 0 Å². The summed E-state index contributed by atoms with van der Waals surface area (Å²) in [5, 5.41) is 0. The Balaban J connectivity index is 2.54. The first kappa shape index (κ1) is 10.4. The van der Waals surface area contributed by atoms with Gasteiger partial charge in [-0.2, -0.15) is 0 Å². The lowest BCUT2D eigenvalue weighted by molar-refractivity contribution is 0.628. The molecule has 0 aliphatic heterocycles. The van der Waals surface area contributed by atoms with Crippen LogP contribution in [0.3, 0.4) is 0 Å². The first-order chi connectivity index (χ1) is 7.09. The Kier molecular flexibility index (Phi) is 2.61. The fourth-order valence-corrected chi connectivity index (χ4v) is 1.95. The summed E-state index contributed by atoms with van der Waals surface area (Å²) in [6.07, 6.45) is 0. The number of imidazole rings is 1. The van der Waals surface area contributed by atoms with Crippen LogP contribution >= 0.6 is 15.9 Å². The van der Waals surface area contributed by atoms with E-state index >= 15 is 0 Å². The van der Waals surface area contributed by atoms with Crippen LogP contribution in [-0.2, 0) is 7.05 Å². The Labute approximate surface area is 95.9 Å². The van der Waals surface area contributed by atoms with Gasteiger partial charge in [0.1, 0.15) is 21.9 Å². The Morgan fingerprint density at radius 3 is 2.33 bits per heavy atom. The SMILES string of the molecule is Cc1nc(-c2ccc(F)cc2)c(Br)n1C. The smallest absolute Gasteiger partial charge is 0.123 e. The maximum absolute atomic E-state index is 12.8. The molecule has 1 aromatic heterocycles. The number of nitrogens with zero attached hydrogens (tertiary/aromatic N) is 2. The topological polar surface area (TPSA) is 17.8 Å². The molecular formula is C11H10BrFN2. The molecule has 0 N–H and O–H groups in total. The van der Waals surface area contributed by atoms with Gasteiger partial charge in [-0.25, -0.2) is 9.37 Å². The summed E-state index contributed by atoms with van der Waals surface area (Å²) in [7, 11) is 1.93. The van der Waals surface area contributed by atoms with Crippen molar-refractivity contribution < 1.29 is 4.39 Å². The van der Waals surface area contributed by atoms with Crippen LogP contribution in [-0.4, -0.2) is 9.55 Å². The Bertz CT molecular complexity index is 488. The fraction of sp³-hybridized carbons (Fsp3) is 0.182. The minimum absolute atomic E-state index is 0.234. The number of hydrogen-bond acceptors (Lipinski definition) is 1. The normalized spacial score (nSPS) is 10.7. The second-order valence-corrected chi connectivity index (χ2v) is 4.12. The number of hydrogen-bond donors (Lipinski definition) is 0. The van der Waals surface area contributed by atoms with Crippen molar-refractivity contribution >= 4 is 15.9 Å². The zero-order valence-corrected chi connectivity index (χ0v) is 10.0. The van der Waals surface area contributed by atoms with Gasteiger partial charge in [0.05, 0.1) is 0 Å². The van der Waals surface area contributed by atoms with E-state index in [1.165, 1.54) is 12.1 Å². The number of rotatable bonds is 1. The summed E-state index contributed by atoms with van der Waals surface area (Å²) >= 11 is 3.46. The summed E-state index contributed by atoms with van der Waals surface area (Å²) in [6, 6.07) is 6.32. The van der Waals surface area contributed by atoms with E-state index in [0.29, 0.717) is 0 Å². The van der Waals surface area contributed by atoms with Crippen molar-refractivity contribution in [3.63, 3.8) is 0 Å². The molecule has 0 spiro atoms. The minimum atomic E-state index is -0.234. The van der Waals surface area contributed by atoms with Crippen molar-refractivity contribution in [1.29, 1.82) is 0 Å². The maximum atomic E-state index is 12.8. The largest absolute Gasteiger partial charge is 0.326 e. The van der Waals surface area contributed by atoms with Crippen LogP contribution in [0.5, 0.6) is 0 Å². The summed E-state index contributed by atoms with van der Waals surface area (Å²) in [6.45, 7) is 1.93. The van der Waals surface area contributed by atoms with Crippen molar-refractivity contribution in [2.75, 3.05) is 0 Å². The number of benzene rings is 1. The third-order valence-electron chi connectivity index (χ3n) is 2.37. The van der Waals surface area contributed by atoms with E-state index in [-0.39, 0.29) is 5.82 Å². The van der Waals surface area contributed by atoms with Crippen LogP contribution in [0.15, 0.2) is 28.9 Å². The highest BCUT2D eigenvalue weighted by molar-refractivity contribution is 9.10. The van der Waals surface area contributed by atoms with Gasteiger partial charge in [0.25, 0.3) is 0 Å². The molecular weight excluding hydrogens is 259 g/mol. The average molecular weight is 269 g/mol. The zero-order valence-electron chi connectivity index (χ0n) is 8.46. The molecule has 78 valence electrons. The van der Waals surface area contributed by atoms with Crippen LogP contribution < -0.4 is 0 Å². The van der Waals surface area contributed by atoms with Crippen molar-refractivity contribution in [1.82, 2.24) is 9.55 Å². The van der Waals surface area contributed by atoms with E-state index in [9.17, 15) is 4.39 Å². The van der Waals surface area contributed by atoms with Crippen molar-refractivity contribution in [3.8, 4) is 11.3 Å². The molecule has 2 nitrogen and oxygen atoms in total. The van der Waals surface area contributed by atoms with E-state index < -0.39 is 0 Å². The van der Waals surface area contributed by atoms with Gasteiger partial charge < -0.3 is 4.57 Å². The average Bonchev–Trinajstić information content (AvgIpc) is 2.47. The lowest BCUT2D eigenvalue weighted by atomic mass is 10.2. The van der Waals surface area contributed by atoms with Crippen LogP contribution in [0.2, 0.25) is 0 Å². The molecule has 0 bridgehead atoms. The second-order valence-electron chi connectivity index (χ2n) is 3.36. The van der Waals surface area contributed by atoms with E-state index in [2.05, 4.69) is 20.9 Å². The van der Waals surface area contributed by atoms with E-state index in [1.807, 2.05) is 18.5 Å². The summed E-state index contributed by atoms with van der Waals surface area (Å²) in [5.74, 6) is 0.684. The maximum Gasteiger partial charge on any atom is 0.123 e. The Hall–Kier alpha value is -1.16. The van der Waals surface area contributed by atoms with Crippen molar-refractivity contribution in [2.45, 2.75) is 6.92 Å². The van der Waals surface area contributed by atoms with Gasteiger partial charge in [0, 0.05) is 12.6 Å². The molecule has 0 unspecified atom stereocenters. The minimum Gasteiger partial charge on any atom is -0.326 e. The quantitative estimate of drug-likeness (QED) is 0.776. The van der Waals surface area contributed by atoms with Gasteiger partial charge in [-0.3, -0.25) is 0 Å². The van der Waals surface area contributed by atoms with Gasteiger partial charge in [-0.15, -0.1) is 0 Å². The molecule has 1 aromatic carbocycles. The van der Waals surface area contributed by atoms with Gasteiger partial charge in [-0.05, 0) is 47.1 Å². The monoisotopic (exact) mass is 268 g/mol. The molecule has 0 amide bonds. The molecule has 1 heterocycles. The molecule has 0 fully saturated rings. The molecule has 15 heavy (non-hydrogen) atoms. The molecule has 0 atom stereocenters. The van der Waals surface area contributed by atoms with Crippen LogP contribution in [0, 0.1) is 12.7 Å². The molecule has 2 rings (SSSR count). The Morgan fingerprint density at radius 1 is 1.27 bits per heavy atom. The van der Waals surface area contributed by atoms with E-state index in [4.69, 9.17) is 0 Å². The summed E-state index contributed by atoms with van der Waals surface area (Å²) in [5.41, 5.74) is 1.75. The number of halogens is 2. The molecule has 4 heteroatoms. The van der Waals surface area contributed by atoms with Crippen molar-refractivity contribution in [3.05, 3.63) is 40.5 Å². The molecule has 0 aliphatic rings. The van der Waals surface area contributed by atoms with Crippen LogP contribution in [0.1, 0.15) is 5.82 Å². The first-order valence-electron chi connectivity index (χ1n) is 4.54. The highest BCUT2D eigenvalue weighted by Crippen LogP contribution is 2.27.